The number of carbonyl (C=O) groups excluding carboxylic acids is 1. The molecule has 1 unspecified atom stereocenters. The van der Waals surface area contributed by atoms with E-state index < -0.39 is 17.5 Å². The monoisotopic (exact) mass is 257 g/mol. The molecule has 1 amide bonds. The zero-order valence-electron chi connectivity index (χ0n) is 11.4. The molecule has 5 nitrogen and oxygen atoms in total. The van der Waals surface area contributed by atoms with E-state index in [1.54, 1.807) is 26.8 Å². The Bertz CT molecular complexity index is 299. The number of ether oxygens (including phenoxy) is 1. The maximum atomic E-state index is 11.6. The van der Waals surface area contributed by atoms with Gasteiger partial charge in [-0.05, 0) is 33.6 Å². The molecule has 0 aromatic rings. The van der Waals surface area contributed by atoms with Crippen molar-refractivity contribution in [2.45, 2.75) is 39.7 Å². The van der Waals surface area contributed by atoms with Crippen LogP contribution in [-0.4, -0.2) is 36.2 Å². The summed E-state index contributed by atoms with van der Waals surface area (Å²) in [4.78, 5) is 22.4. The van der Waals surface area contributed by atoms with Crippen molar-refractivity contribution >= 4 is 11.9 Å². The van der Waals surface area contributed by atoms with Crippen LogP contribution < -0.4 is 5.32 Å². The quantitative estimate of drug-likeness (QED) is 0.486. The largest absolute Gasteiger partial charge is 0.481 e. The predicted molar refractivity (Wildman–Crippen MR) is 69.3 cm³/mol. The molecule has 0 saturated heterocycles. The molecule has 0 aliphatic rings. The van der Waals surface area contributed by atoms with Gasteiger partial charge in [0.15, 0.2) is 0 Å². The van der Waals surface area contributed by atoms with Crippen LogP contribution >= 0.6 is 0 Å². The molecule has 0 rings (SSSR count). The molecule has 0 fully saturated rings. The fourth-order valence-electron chi connectivity index (χ4n) is 1.15. The molecule has 0 spiro atoms. The van der Waals surface area contributed by atoms with Gasteiger partial charge in [0.05, 0.1) is 12.0 Å². The van der Waals surface area contributed by atoms with Crippen LogP contribution in [0.2, 0.25) is 0 Å². The van der Waals surface area contributed by atoms with Crippen molar-refractivity contribution in [3.63, 3.8) is 0 Å². The van der Waals surface area contributed by atoms with E-state index in [1.807, 2.05) is 0 Å². The predicted octanol–water partition coefficient (Wildman–Crippen LogP) is 1.58. The molecular weight excluding hydrogens is 234 g/mol. The molecule has 0 aromatic heterocycles. The van der Waals surface area contributed by atoms with Crippen LogP contribution in [0.3, 0.4) is 0 Å². The Morgan fingerprint density at radius 1 is 1.50 bits per heavy atom. The highest BCUT2D eigenvalue weighted by Gasteiger charge is 2.26. The topological polar surface area (TPSA) is 75.6 Å². The van der Waals surface area contributed by atoms with Gasteiger partial charge in [-0.3, -0.25) is 9.59 Å². The Balaban J connectivity index is 3.89. The van der Waals surface area contributed by atoms with Gasteiger partial charge in [-0.1, -0.05) is 6.08 Å². The van der Waals surface area contributed by atoms with Gasteiger partial charge in [0.25, 0.3) is 0 Å². The zero-order chi connectivity index (χ0) is 14.2. The molecule has 2 N–H and O–H groups in total. The van der Waals surface area contributed by atoms with Gasteiger partial charge in [0, 0.05) is 6.54 Å². The third kappa shape index (κ3) is 6.39. The molecule has 1 atom stereocenters. The van der Waals surface area contributed by atoms with Crippen LogP contribution in [0.15, 0.2) is 12.7 Å². The summed E-state index contributed by atoms with van der Waals surface area (Å²) in [5.41, 5.74) is -0.833. The smallest absolute Gasteiger partial charge is 0.309 e. The van der Waals surface area contributed by atoms with Crippen LogP contribution in [0, 0.1) is 5.41 Å². The lowest BCUT2D eigenvalue weighted by molar-refractivity contribution is -0.147. The average Bonchev–Trinajstić information content (AvgIpc) is 2.28. The van der Waals surface area contributed by atoms with Crippen molar-refractivity contribution in [3.05, 3.63) is 12.7 Å². The first-order valence-electron chi connectivity index (χ1n) is 6.05. The lowest BCUT2D eigenvalue weighted by Crippen LogP contribution is -2.37. The number of rotatable bonds is 9. The van der Waals surface area contributed by atoms with Gasteiger partial charge >= 0.3 is 5.97 Å². The van der Waals surface area contributed by atoms with E-state index >= 15 is 0 Å². The highest BCUT2D eigenvalue weighted by atomic mass is 16.5. The highest BCUT2D eigenvalue weighted by molar-refractivity contribution is 5.80. The van der Waals surface area contributed by atoms with Crippen LogP contribution in [0.25, 0.3) is 0 Å². The molecule has 0 aliphatic carbocycles. The summed E-state index contributed by atoms with van der Waals surface area (Å²) in [7, 11) is 0. The number of hydrogen-bond donors (Lipinski definition) is 2. The molecule has 5 heteroatoms. The van der Waals surface area contributed by atoms with Crippen molar-refractivity contribution in [1.29, 1.82) is 0 Å². The van der Waals surface area contributed by atoms with Gasteiger partial charge in [-0.15, -0.1) is 6.58 Å². The van der Waals surface area contributed by atoms with Crippen LogP contribution in [-0.2, 0) is 14.3 Å². The van der Waals surface area contributed by atoms with Crippen LogP contribution in [0.5, 0.6) is 0 Å². The number of amides is 1. The first kappa shape index (κ1) is 16.6. The number of carboxylic acid groups (broad SMARTS) is 1. The van der Waals surface area contributed by atoms with Gasteiger partial charge in [-0.25, -0.2) is 0 Å². The minimum absolute atomic E-state index is 0.222. The van der Waals surface area contributed by atoms with E-state index in [9.17, 15) is 9.59 Å². The molecular formula is C13H23NO4. The molecule has 0 aliphatic heterocycles. The summed E-state index contributed by atoms with van der Waals surface area (Å²) in [6.45, 7) is 9.27. The summed E-state index contributed by atoms with van der Waals surface area (Å²) in [5.74, 6) is -1.09. The van der Waals surface area contributed by atoms with E-state index in [2.05, 4.69) is 11.9 Å². The number of carbonyl (C=O) groups is 2. The maximum Gasteiger partial charge on any atom is 0.309 e. The van der Waals surface area contributed by atoms with Crippen molar-refractivity contribution in [2.75, 3.05) is 13.2 Å². The van der Waals surface area contributed by atoms with E-state index in [0.717, 1.165) is 0 Å². The number of aliphatic carboxylic acids is 1. The minimum atomic E-state index is -0.868. The van der Waals surface area contributed by atoms with Crippen molar-refractivity contribution < 1.29 is 19.4 Å². The second kappa shape index (κ2) is 7.87. The Morgan fingerprint density at radius 3 is 2.61 bits per heavy atom. The van der Waals surface area contributed by atoms with Crippen molar-refractivity contribution in [2.24, 2.45) is 5.41 Å². The normalized spacial score (nSPS) is 12.8. The molecule has 0 bridgehead atoms. The molecule has 18 heavy (non-hydrogen) atoms. The van der Waals surface area contributed by atoms with Crippen LogP contribution in [0.1, 0.15) is 33.6 Å². The summed E-state index contributed by atoms with van der Waals surface area (Å²) in [5, 5.41) is 11.6. The van der Waals surface area contributed by atoms with E-state index in [4.69, 9.17) is 9.84 Å². The van der Waals surface area contributed by atoms with Gasteiger partial charge < -0.3 is 15.2 Å². The first-order valence-corrected chi connectivity index (χ1v) is 6.05. The second-order valence-corrected chi connectivity index (χ2v) is 4.82. The van der Waals surface area contributed by atoms with Crippen molar-refractivity contribution in [1.82, 2.24) is 5.32 Å². The van der Waals surface area contributed by atoms with Gasteiger partial charge in [0.2, 0.25) is 5.91 Å². The summed E-state index contributed by atoms with van der Waals surface area (Å²) >= 11 is 0. The molecule has 0 heterocycles. The summed E-state index contributed by atoms with van der Waals surface area (Å²) in [6.07, 6.45) is 2.27. The molecule has 0 radical (unpaired) electrons. The fourth-order valence-corrected chi connectivity index (χ4v) is 1.15. The minimum Gasteiger partial charge on any atom is -0.481 e. The Labute approximate surface area is 108 Å². The van der Waals surface area contributed by atoms with Gasteiger partial charge in [-0.2, -0.15) is 0 Å². The summed E-state index contributed by atoms with van der Waals surface area (Å²) < 4.78 is 5.27. The average molecular weight is 257 g/mol. The molecule has 104 valence electrons. The van der Waals surface area contributed by atoms with E-state index in [-0.39, 0.29) is 5.91 Å². The number of nitrogens with one attached hydrogen (secondary N) is 1. The molecule has 0 aromatic carbocycles. The zero-order valence-corrected chi connectivity index (χ0v) is 11.4. The lowest BCUT2D eigenvalue weighted by Gasteiger charge is -2.20. The Hall–Kier alpha value is -1.36. The first-order chi connectivity index (χ1) is 8.31. The standard InChI is InChI=1S/C13H23NO4/c1-5-6-9-18-10(2)11(15)14-8-7-13(3,4)12(16)17/h5,10H,1,6-9H2,2-4H3,(H,14,15)(H,16,17). The third-order valence-corrected chi connectivity index (χ3v) is 2.69. The van der Waals surface area contributed by atoms with Crippen LogP contribution in [0.4, 0.5) is 0 Å². The Kier molecular flexibility index (Phi) is 7.27. The Morgan fingerprint density at radius 2 is 2.11 bits per heavy atom. The van der Waals surface area contributed by atoms with E-state index in [1.165, 1.54) is 0 Å². The highest BCUT2D eigenvalue weighted by Crippen LogP contribution is 2.19. The SMILES string of the molecule is C=CCCOC(C)C(=O)NCCC(C)(C)C(=O)O. The number of carboxylic acids is 1. The van der Waals surface area contributed by atoms with Crippen molar-refractivity contribution in [3.8, 4) is 0 Å². The molecule has 0 saturated carbocycles. The number of hydrogen-bond acceptors (Lipinski definition) is 3. The third-order valence-electron chi connectivity index (χ3n) is 2.69. The summed E-state index contributed by atoms with van der Waals surface area (Å²) in [6, 6.07) is 0. The van der Waals surface area contributed by atoms with Gasteiger partial charge in [0.1, 0.15) is 6.10 Å². The van der Waals surface area contributed by atoms with E-state index in [0.29, 0.717) is 26.0 Å². The lowest BCUT2D eigenvalue weighted by atomic mass is 9.90. The fraction of sp³-hybridized carbons (Fsp3) is 0.692. The second-order valence-electron chi connectivity index (χ2n) is 4.82. The maximum absolute atomic E-state index is 11.6.